The number of halogens is 1. The lowest BCUT2D eigenvalue weighted by molar-refractivity contribution is -0.122. The van der Waals surface area contributed by atoms with E-state index in [1.807, 2.05) is 24.3 Å². The maximum Gasteiger partial charge on any atom is 0.265 e. The number of rotatable bonds is 4. The van der Waals surface area contributed by atoms with Crippen LogP contribution in [0.25, 0.3) is 0 Å². The lowest BCUT2D eigenvalue weighted by Crippen LogP contribution is -2.30. The lowest BCUT2D eigenvalue weighted by Gasteiger charge is -2.20. The topological polar surface area (TPSA) is 38.3 Å². The molecule has 0 aliphatic rings. The quantitative estimate of drug-likeness (QED) is 0.872. The van der Waals surface area contributed by atoms with Gasteiger partial charge in [-0.1, -0.05) is 39.0 Å². The van der Waals surface area contributed by atoms with Gasteiger partial charge in [-0.05, 0) is 54.7 Å². The molecular weight excluding hydrogens is 305 g/mol. The Hall–Kier alpha value is -2.36. The Labute approximate surface area is 142 Å². The molecule has 2 rings (SSSR count). The van der Waals surface area contributed by atoms with Crippen LogP contribution < -0.4 is 10.1 Å². The molecule has 0 bridgehead atoms. The summed E-state index contributed by atoms with van der Waals surface area (Å²) in [7, 11) is 0. The summed E-state index contributed by atoms with van der Waals surface area (Å²) in [4.78, 5) is 12.2. The van der Waals surface area contributed by atoms with Gasteiger partial charge in [0.05, 0.1) is 0 Å². The third-order valence-electron chi connectivity index (χ3n) is 3.84. The minimum atomic E-state index is -0.685. The molecule has 0 unspecified atom stereocenters. The predicted molar refractivity (Wildman–Crippen MR) is 95.0 cm³/mol. The lowest BCUT2D eigenvalue weighted by atomic mass is 9.87. The van der Waals surface area contributed by atoms with Gasteiger partial charge < -0.3 is 10.1 Å². The predicted octanol–water partition coefficient (Wildman–Crippen LogP) is 4.84. The van der Waals surface area contributed by atoms with Gasteiger partial charge >= 0.3 is 0 Å². The van der Waals surface area contributed by atoms with E-state index in [-0.39, 0.29) is 17.1 Å². The Morgan fingerprint density at radius 3 is 2.29 bits per heavy atom. The summed E-state index contributed by atoms with van der Waals surface area (Å²) < 4.78 is 19.2. The molecule has 0 radical (unpaired) electrons. The van der Waals surface area contributed by atoms with Gasteiger partial charge in [-0.3, -0.25) is 4.79 Å². The van der Waals surface area contributed by atoms with Crippen molar-refractivity contribution in [2.24, 2.45) is 0 Å². The summed E-state index contributed by atoms with van der Waals surface area (Å²) in [5, 5.41) is 2.66. The second-order valence-corrected chi connectivity index (χ2v) is 6.99. The highest BCUT2D eigenvalue weighted by Crippen LogP contribution is 2.24. The third kappa shape index (κ3) is 4.57. The molecule has 0 fully saturated rings. The van der Waals surface area contributed by atoms with Gasteiger partial charge in [0.25, 0.3) is 5.91 Å². The highest BCUT2D eigenvalue weighted by atomic mass is 19.1. The van der Waals surface area contributed by atoms with Crippen LogP contribution in [0.4, 0.5) is 10.1 Å². The molecule has 1 amide bonds. The van der Waals surface area contributed by atoms with Crippen LogP contribution in [0.5, 0.6) is 5.75 Å². The Kier molecular flexibility index (Phi) is 5.27. The van der Waals surface area contributed by atoms with E-state index in [9.17, 15) is 9.18 Å². The Morgan fingerprint density at radius 2 is 1.75 bits per heavy atom. The van der Waals surface area contributed by atoms with Crippen molar-refractivity contribution in [1.82, 2.24) is 0 Å². The molecule has 0 aliphatic heterocycles. The van der Waals surface area contributed by atoms with Crippen LogP contribution in [0, 0.1) is 12.7 Å². The van der Waals surface area contributed by atoms with E-state index in [1.165, 1.54) is 11.6 Å². The smallest absolute Gasteiger partial charge is 0.265 e. The first-order chi connectivity index (χ1) is 11.2. The summed E-state index contributed by atoms with van der Waals surface area (Å²) in [5.41, 5.74) is 2.22. The second-order valence-electron chi connectivity index (χ2n) is 6.99. The molecule has 2 aromatic rings. The Balaban J connectivity index is 1.99. The van der Waals surface area contributed by atoms with Crippen molar-refractivity contribution < 1.29 is 13.9 Å². The fourth-order valence-corrected chi connectivity index (χ4v) is 2.21. The molecule has 3 nitrogen and oxygen atoms in total. The molecule has 0 saturated carbocycles. The summed E-state index contributed by atoms with van der Waals surface area (Å²) in [6, 6.07) is 12.3. The first kappa shape index (κ1) is 18.0. The molecule has 0 aliphatic carbocycles. The van der Waals surface area contributed by atoms with Gasteiger partial charge in [-0.2, -0.15) is 0 Å². The Morgan fingerprint density at radius 1 is 1.12 bits per heavy atom. The van der Waals surface area contributed by atoms with E-state index in [4.69, 9.17) is 4.74 Å². The minimum absolute atomic E-state index is 0.0665. The Bertz CT molecular complexity index is 717. The summed E-state index contributed by atoms with van der Waals surface area (Å²) in [5.74, 6) is -0.0435. The van der Waals surface area contributed by atoms with Crippen LogP contribution in [-0.2, 0) is 10.2 Å². The first-order valence-electron chi connectivity index (χ1n) is 8.01. The standard InChI is InChI=1S/C20H24FNO2/c1-13-6-9-16(12-18(13)21)22-19(23)14(2)24-17-10-7-15(8-11-17)20(3,4)5/h6-12,14H,1-5H3,(H,22,23)/t14-/m1/s1. The number of nitrogens with one attached hydrogen (secondary N) is 1. The summed E-state index contributed by atoms with van der Waals surface area (Å²) in [6.45, 7) is 9.75. The monoisotopic (exact) mass is 329 g/mol. The molecule has 24 heavy (non-hydrogen) atoms. The van der Waals surface area contributed by atoms with Gasteiger partial charge in [-0.15, -0.1) is 0 Å². The van der Waals surface area contributed by atoms with Crippen molar-refractivity contribution in [1.29, 1.82) is 0 Å². The van der Waals surface area contributed by atoms with Crippen LogP contribution in [-0.4, -0.2) is 12.0 Å². The molecule has 1 atom stereocenters. The van der Waals surface area contributed by atoms with Crippen molar-refractivity contribution in [3.05, 3.63) is 59.4 Å². The average molecular weight is 329 g/mol. The van der Waals surface area contributed by atoms with Crippen molar-refractivity contribution in [3.8, 4) is 5.75 Å². The van der Waals surface area contributed by atoms with Crippen LogP contribution in [0.15, 0.2) is 42.5 Å². The SMILES string of the molecule is Cc1ccc(NC(=O)[C@@H](C)Oc2ccc(C(C)(C)C)cc2)cc1F. The first-order valence-corrected chi connectivity index (χ1v) is 8.01. The largest absolute Gasteiger partial charge is 0.481 e. The van der Waals surface area contributed by atoms with E-state index in [1.54, 1.807) is 26.0 Å². The summed E-state index contributed by atoms with van der Waals surface area (Å²) >= 11 is 0. The second kappa shape index (κ2) is 7.04. The number of hydrogen-bond donors (Lipinski definition) is 1. The number of amides is 1. The van der Waals surface area contributed by atoms with Crippen molar-refractivity contribution >= 4 is 11.6 Å². The molecular formula is C20H24FNO2. The molecule has 0 spiro atoms. The zero-order valence-corrected chi connectivity index (χ0v) is 14.8. The van der Waals surface area contributed by atoms with Gasteiger partial charge in [0.15, 0.2) is 6.10 Å². The number of hydrogen-bond acceptors (Lipinski definition) is 2. The number of aryl methyl sites for hydroxylation is 1. The molecule has 2 aromatic carbocycles. The third-order valence-corrected chi connectivity index (χ3v) is 3.84. The molecule has 0 saturated heterocycles. The maximum absolute atomic E-state index is 13.5. The number of carbonyl (C=O) groups excluding carboxylic acids is 1. The van der Waals surface area contributed by atoms with Crippen molar-refractivity contribution in [3.63, 3.8) is 0 Å². The molecule has 128 valence electrons. The van der Waals surface area contributed by atoms with Gasteiger partial charge in [0.2, 0.25) is 0 Å². The normalized spacial score (nSPS) is 12.6. The van der Waals surface area contributed by atoms with Crippen LogP contribution >= 0.6 is 0 Å². The van der Waals surface area contributed by atoms with E-state index >= 15 is 0 Å². The minimum Gasteiger partial charge on any atom is -0.481 e. The average Bonchev–Trinajstić information content (AvgIpc) is 2.50. The maximum atomic E-state index is 13.5. The zero-order valence-electron chi connectivity index (χ0n) is 14.8. The molecule has 4 heteroatoms. The van der Waals surface area contributed by atoms with Crippen LogP contribution in [0.2, 0.25) is 0 Å². The number of anilines is 1. The van der Waals surface area contributed by atoms with Crippen molar-refractivity contribution in [2.45, 2.75) is 46.1 Å². The number of carbonyl (C=O) groups is 1. The zero-order chi connectivity index (χ0) is 17.9. The molecule has 0 heterocycles. The van der Waals surface area contributed by atoms with E-state index in [2.05, 4.69) is 26.1 Å². The van der Waals surface area contributed by atoms with E-state index in [0.29, 0.717) is 17.0 Å². The van der Waals surface area contributed by atoms with Gasteiger partial charge in [0.1, 0.15) is 11.6 Å². The van der Waals surface area contributed by atoms with Crippen LogP contribution in [0.3, 0.4) is 0 Å². The highest BCUT2D eigenvalue weighted by molar-refractivity contribution is 5.94. The van der Waals surface area contributed by atoms with Crippen molar-refractivity contribution in [2.75, 3.05) is 5.32 Å². The number of ether oxygens (including phenoxy) is 1. The van der Waals surface area contributed by atoms with Crippen LogP contribution in [0.1, 0.15) is 38.8 Å². The fourth-order valence-electron chi connectivity index (χ4n) is 2.21. The summed E-state index contributed by atoms with van der Waals surface area (Å²) in [6.07, 6.45) is -0.685. The number of benzene rings is 2. The van der Waals surface area contributed by atoms with Gasteiger partial charge in [0, 0.05) is 5.69 Å². The van der Waals surface area contributed by atoms with E-state index < -0.39 is 6.10 Å². The van der Waals surface area contributed by atoms with Gasteiger partial charge in [-0.25, -0.2) is 4.39 Å². The molecule has 0 aromatic heterocycles. The molecule has 1 N–H and O–H groups in total. The highest BCUT2D eigenvalue weighted by Gasteiger charge is 2.17. The van der Waals surface area contributed by atoms with E-state index in [0.717, 1.165) is 0 Å². The fraction of sp³-hybridized carbons (Fsp3) is 0.350.